The molecule has 23 heavy (non-hydrogen) atoms. The number of rotatable bonds is 7. The molecule has 1 heterocycles. The third-order valence-electron chi connectivity index (χ3n) is 4.13. The molecular formula is C16H26FN3O2S. The van der Waals surface area contributed by atoms with Gasteiger partial charge in [-0.15, -0.1) is 0 Å². The fraction of sp³-hybridized carbons (Fsp3) is 0.625. The van der Waals surface area contributed by atoms with E-state index in [0.717, 1.165) is 25.1 Å². The third kappa shape index (κ3) is 4.97. The monoisotopic (exact) mass is 343 g/mol. The Morgan fingerprint density at radius 3 is 2.48 bits per heavy atom. The normalized spacial score (nSPS) is 17.7. The average Bonchev–Trinajstić information content (AvgIpc) is 2.52. The summed E-state index contributed by atoms with van der Waals surface area (Å²) in [5.74, 6) is -0.286. The molecule has 1 aromatic rings. The van der Waals surface area contributed by atoms with E-state index in [9.17, 15) is 12.8 Å². The van der Waals surface area contributed by atoms with Crippen LogP contribution in [0.4, 0.5) is 4.39 Å². The fourth-order valence-electron chi connectivity index (χ4n) is 2.72. The van der Waals surface area contributed by atoms with Crippen LogP contribution < -0.4 is 0 Å². The number of nitrogens with zero attached hydrogens (tertiary/aromatic N) is 3. The van der Waals surface area contributed by atoms with Gasteiger partial charge in [-0.05, 0) is 37.6 Å². The van der Waals surface area contributed by atoms with Crippen LogP contribution in [0, 0.1) is 5.82 Å². The number of likely N-dealkylation sites (N-methyl/N-ethyl adjacent to an activating group) is 1. The standard InChI is InChI=1S/C16H26FN3O2S/c1-3-8-19(9-7-15-5-4-6-16(17)14-15)23(21,22)20-12-10-18(2)11-13-20/h4-6,14H,3,7-13H2,1-2H3. The zero-order valence-electron chi connectivity index (χ0n) is 13.9. The van der Waals surface area contributed by atoms with Crippen molar-refractivity contribution in [3.05, 3.63) is 35.6 Å². The molecule has 0 bridgehead atoms. The topological polar surface area (TPSA) is 43.9 Å². The van der Waals surface area contributed by atoms with Crippen molar-refractivity contribution < 1.29 is 12.8 Å². The van der Waals surface area contributed by atoms with Crippen molar-refractivity contribution in [2.24, 2.45) is 0 Å². The van der Waals surface area contributed by atoms with E-state index >= 15 is 0 Å². The molecule has 0 saturated carbocycles. The quantitative estimate of drug-likeness (QED) is 0.755. The Labute approximate surface area is 138 Å². The maximum atomic E-state index is 13.3. The smallest absolute Gasteiger partial charge is 0.282 e. The molecule has 0 spiro atoms. The van der Waals surface area contributed by atoms with E-state index in [2.05, 4.69) is 4.90 Å². The summed E-state index contributed by atoms with van der Waals surface area (Å²) in [7, 11) is -1.45. The van der Waals surface area contributed by atoms with Crippen molar-refractivity contribution in [1.29, 1.82) is 0 Å². The molecule has 5 nitrogen and oxygen atoms in total. The van der Waals surface area contributed by atoms with Crippen molar-refractivity contribution in [3.63, 3.8) is 0 Å². The number of hydrogen-bond donors (Lipinski definition) is 0. The van der Waals surface area contributed by atoms with Gasteiger partial charge in [0.1, 0.15) is 5.82 Å². The van der Waals surface area contributed by atoms with Gasteiger partial charge < -0.3 is 4.90 Å². The van der Waals surface area contributed by atoms with E-state index < -0.39 is 10.2 Å². The van der Waals surface area contributed by atoms with Crippen LogP contribution in [0.3, 0.4) is 0 Å². The number of hydrogen-bond acceptors (Lipinski definition) is 3. The van der Waals surface area contributed by atoms with E-state index in [-0.39, 0.29) is 5.82 Å². The summed E-state index contributed by atoms with van der Waals surface area (Å²) in [6.45, 7) is 5.40. The lowest BCUT2D eigenvalue weighted by molar-refractivity contribution is 0.211. The molecule has 0 atom stereocenters. The van der Waals surface area contributed by atoms with Gasteiger partial charge in [-0.1, -0.05) is 19.1 Å². The first-order valence-corrected chi connectivity index (χ1v) is 9.51. The van der Waals surface area contributed by atoms with Crippen LogP contribution in [0.5, 0.6) is 0 Å². The highest BCUT2D eigenvalue weighted by atomic mass is 32.2. The zero-order chi connectivity index (χ0) is 16.9. The lowest BCUT2D eigenvalue weighted by Crippen LogP contribution is -2.52. The highest BCUT2D eigenvalue weighted by Gasteiger charge is 2.30. The largest absolute Gasteiger partial charge is 0.304 e. The first kappa shape index (κ1) is 18.3. The lowest BCUT2D eigenvalue weighted by Gasteiger charge is -2.35. The summed E-state index contributed by atoms with van der Waals surface area (Å²) in [6, 6.07) is 6.35. The molecule has 0 aromatic heterocycles. The van der Waals surface area contributed by atoms with Gasteiger partial charge in [-0.25, -0.2) is 4.39 Å². The Hall–Kier alpha value is -1.02. The van der Waals surface area contributed by atoms with Gasteiger partial charge in [-0.2, -0.15) is 17.0 Å². The Morgan fingerprint density at radius 2 is 1.87 bits per heavy atom. The summed E-state index contributed by atoms with van der Waals surface area (Å²) in [5.41, 5.74) is 0.819. The zero-order valence-corrected chi connectivity index (χ0v) is 14.7. The first-order chi connectivity index (χ1) is 10.9. The Kier molecular flexibility index (Phi) is 6.52. The summed E-state index contributed by atoms with van der Waals surface area (Å²) in [6.07, 6.45) is 1.28. The van der Waals surface area contributed by atoms with Gasteiger partial charge in [0.2, 0.25) is 0 Å². The van der Waals surface area contributed by atoms with Gasteiger partial charge in [0, 0.05) is 39.3 Å². The Bertz CT molecular complexity index is 601. The number of piperazine rings is 1. The second-order valence-corrected chi connectivity index (χ2v) is 7.92. The number of benzene rings is 1. The molecule has 1 saturated heterocycles. The Morgan fingerprint density at radius 1 is 1.17 bits per heavy atom. The summed E-state index contributed by atoms with van der Waals surface area (Å²) in [4.78, 5) is 2.13. The SMILES string of the molecule is CCCN(CCc1cccc(F)c1)S(=O)(=O)N1CCN(C)CC1. The minimum atomic E-state index is -3.44. The van der Waals surface area contributed by atoms with E-state index in [4.69, 9.17) is 0 Å². The molecule has 1 aliphatic rings. The molecule has 0 unspecified atom stereocenters. The van der Waals surface area contributed by atoms with Crippen molar-refractivity contribution in [1.82, 2.24) is 13.5 Å². The molecule has 0 radical (unpaired) electrons. The lowest BCUT2D eigenvalue weighted by atomic mass is 10.1. The second kappa shape index (κ2) is 8.19. The molecule has 0 N–H and O–H groups in total. The van der Waals surface area contributed by atoms with Gasteiger partial charge in [-0.3, -0.25) is 0 Å². The van der Waals surface area contributed by atoms with E-state index in [1.807, 2.05) is 20.0 Å². The van der Waals surface area contributed by atoms with Crippen molar-refractivity contribution in [2.75, 3.05) is 46.3 Å². The van der Waals surface area contributed by atoms with Crippen molar-refractivity contribution in [3.8, 4) is 0 Å². The minimum Gasteiger partial charge on any atom is -0.304 e. The van der Waals surface area contributed by atoms with Crippen LogP contribution in [-0.4, -0.2) is 68.2 Å². The highest BCUT2D eigenvalue weighted by molar-refractivity contribution is 7.86. The van der Waals surface area contributed by atoms with Crippen LogP contribution >= 0.6 is 0 Å². The molecule has 0 amide bonds. The molecule has 7 heteroatoms. The summed E-state index contributed by atoms with van der Waals surface area (Å²) < 4.78 is 42.0. The first-order valence-electron chi connectivity index (χ1n) is 8.11. The average molecular weight is 343 g/mol. The van der Waals surface area contributed by atoms with Crippen LogP contribution in [0.2, 0.25) is 0 Å². The summed E-state index contributed by atoms with van der Waals surface area (Å²) in [5, 5.41) is 0. The molecule has 2 rings (SSSR count). The third-order valence-corrected chi connectivity index (χ3v) is 6.16. The van der Waals surface area contributed by atoms with E-state index in [1.165, 1.54) is 16.4 Å². The van der Waals surface area contributed by atoms with E-state index in [0.29, 0.717) is 32.6 Å². The molecule has 1 aliphatic heterocycles. The maximum Gasteiger partial charge on any atom is 0.282 e. The molecule has 0 aliphatic carbocycles. The second-order valence-electron chi connectivity index (χ2n) is 5.99. The van der Waals surface area contributed by atoms with Crippen LogP contribution in [0.25, 0.3) is 0 Å². The molecule has 130 valence electrons. The summed E-state index contributed by atoms with van der Waals surface area (Å²) >= 11 is 0. The molecule has 1 aromatic carbocycles. The van der Waals surface area contributed by atoms with Crippen molar-refractivity contribution >= 4 is 10.2 Å². The number of halogens is 1. The van der Waals surface area contributed by atoms with Gasteiger partial charge >= 0.3 is 0 Å². The van der Waals surface area contributed by atoms with Gasteiger partial charge in [0.15, 0.2) is 0 Å². The minimum absolute atomic E-state index is 0.286. The van der Waals surface area contributed by atoms with Crippen LogP contribution in [-0.2, 0) is 16.6 Å². The predicted octanol–water partition coefficient (Wildman–Crippen LogP) is 1.57. The van der Waals surface area contributed by atoms with E-state index in [1.54, 1.807) is 10.4 Å². The Balaban J connectivity index is 2.04. The predicted molar refractivity (Wildman–Crippen MR) is 90.0 cm³/mol. The van der Waals surface area contributed by atoms with Crippen molar-refractivity contribution in [2.45, 2.75) is 19.8 Å². The molecule has 1 fully saturated rings. The maximum absolute atomic E-state index is 13.3. The fourth-order valence-corrected chi connectivity index (χ4v) is 4.41. The van der Waals surface area contributed by atoms with Crippen LogP contribution in [0.1, 0.15) is 18.9 Å². The van der Waals surface area contributed by atoms with Crippen LogP contribution in [0.15, 0.2) is 24.3 Å². The molecular weight excluding hydrogens is 317 g/mol. The van der Waals surface area contributed by atoms with Gasteiger partial charge in [0.25, 0.3) is 10.2 Å². The highest BCUT2D eigenvalue weighted by Crippen LogP contribution is 2.14. The van der Waals surface area contributed by atoms with Gasteiger partial charge in [0.05, 0.1) is 0 Å².